The maximum atomic E-state index is 10.9. The van der Waals surface area contributed by atoms with Gasteiger partial charge in [-0.25, -0.2) is 0 Å². The molecule has 0 aliphatic carbocycles. The van der Waals surface area contributed by atoms with E-state index >= 15 is 0 Å². The number of aliphatic hydroxyl groups is 1. The van der Waals surface area contributed by atoms with Crippen LogP contribution >= 0.6 is 0 Å². The van der Waals surface area contributed by atoms with Crippen molar-refractivity contribution < 1.29 is 13.9 Å². The first-order valence-corrected chi connectivity index (χ1v) is 3.74. The molecule has 0 atom stereocenters. The van der Waals surface area contributed by atoms with Crippen molar-refractivity contribution >= 4 is 15.8 Å². The van der Waals surface area contributed by atoms with Crippen LogP contribution < -0.4 is 0 Å². The SMILES string of the molecule is OC[As]C(F)F. The Labute approximate surface area is 41.0 Å². The second kappa shape index (κ2) is 3.56. The predicted molar refractivity (Wildman–Crippen MR) is 18.8 cm³/mol. The van der Waals surface area contributed by atoms with Gasteiger partial charge in [-0.1, -0.05) is 0 Å². The second-order valence-corrected chi connectivity index (χ2v) is 2.78. The van der Waals surface area contributed by atoms with E-state index in [0.29, 0.717) is 0 Å². The van der Waals surface area contributed by atoms with Crippen molar-refractivity contribution in [1.29, 1.82) is 0 Å². The van der Waals surface area contributed by atoms with Crippen LogP contribution in [0.1, 0.15) is 0 Å². The normalized spacial score (nSPS) is 12.0. The zero-order valence-corrected chi connectivity index (χ0v) is 4.81. The predicted octanol–water partition coefficient (Wildman–Crippen LogP) is -0.137. The molecule has 0 saturated heterocycles. The molecule has 0 spiro atoms. The Hall–Kier alpha value is 0.378. The topological polar surface area (TPSA) is 20.2 Å². The van der Waals surface area contributed by atoms with Crippen LogP contribution in [-0.2, 0) is 0 Å². The van der Waals surface area contributed by atoms with Crippen molar-refractivity contribution in [2.24, 2.45) is 0 Å². The van der Waals surface area contributed by atoms with E-state index in [2.05, 4.69) is 0 Å². The maximum absolute atomic E-state index is 10.9. The summed E-state index contributed by atoms with van der Waals surface area (Å²) in [4.78, 5) is 0. The minimum absolute atomic E-state index is 0.325. The Balaban J connectivity index is 2.63. The number of aliphatic hydroxyl groups excluding tert-OH is 1. The first-order valence-electron chi connectivity index (χ1n) is 1.33. The van der Waals surface area contributed by atoms with Crippen molar-refractivity contribution in [3.63, 3.8) is 0 Å². The van der Waals surface area contributed by atoms with Crippen LogP contribution in [0.5, 0.6) is 0 Å². The van der Waals surface area contributed by atoms with Gasteiger partial charge in [0.15, 0.2) is 0 Å². The Kier molecular flexibility index (Phi) is 3.79. The van der Waals surface area contributed by atoms with Gasteiger partial charge in [-0.3, -0.25) is 0 Å². The van der Waals surface area contributed by atoms with E-state index in [9.17, 15) is 8.78 Å². The van der Waals surface area contributed by atoms with Crippen LogP contribution in [0.15, 0.2) is 0 Å². The van der Waals surface area contributed by atoms with Gasteiger partial charge in [0.05, 0.1) is 0 Å². The van der Waals surface area contributed by atoms with Gasteiger partial charge >= 0.3 is 40.2 Å². The standard InChI is InChI=1S/C2H4AsF2O/c4-2(5)3-1-6/h2,6H,1H2. The number of hydrogen-bond donors (Lipinski definition) is 1. The fraction of sp³-hybridized carbons (Fsp3) is 1.00. The van der Waals surface area contributed by atoms with Crippen LogP contribution in [0.25, 0.3) is 0 Å². The zero-order valence-electron chi connectivity index (χ0n) is 2.93. The van der Waals surface area contributed by atoms with Gasteiger partial charge in [0, 0.05) is 0 Å². The van der Waals surface area contributed by atoms with Crippen LogP contribution in [0, 0.1) is 0 Å². The summed E-state index contributed by atoms with van der Waals surface area (Å²) in [5.41, 5.74) is 0. The third-order valence-corrected chi connectivity index (χ3v) is 1.14. The van der Waals surface area contributed by atoms with Gasteiger partial charge in [-0.2, -0.15) is 0 Å². The number of rotatable bonds is 2. The Morgan fingerprint density at radius 3 is 2.17 bits per heavy atom. The molecule has 0 rings (SSSR count). The summed E-state index contributed by atoms with van der Waals surface area (Å²) in [5.74, 6) is 0. The third-order valence-electron chi connectivity index (χ3n) is 0.220. The molecule has 1 N–H and O–H groups in total. The fourth-order valence-corrected chi connectivity index (χ4v) is 0.321. The van der Waals surface area contributed by atoms with E-state index in [1.54, 1.807) is 0 Å². The molecule has 0 aliphatic rings. The zero-order chi connectivity index (χ0) is 4.99. The average Bonchev–Trinajstić information content (AvgIpc) is 1.35. The molecule has 1 radical (unpaired) electrons. The molecule has 0 aromatic rings. The summed E-state index contributed by atoms with van der Waals surface area (Å²) in [7, 11) is 0. The summed E-state index contributed by atoms with van der Waals surface area (Å²) in [6.45, 7) is 0. The minimum atomic E-state index is -2.26. The van der Waals surface area contributed by atoms with E-state index in [4.69, 9.17) is 5.11 Å². The molecule has 4 heteroatoms. The van der Waals surface area contributed by atoms with Gasteiger partial charge in [0.2, 0.25) is 0 Å². The van der Waals surface area contributed by atoms with Gasteiger partial charge < -0.3 is 0 Å². The molecule has 0 saturated carbocycles. The van der Waals surface area contributed by atoms with Crippen molar-refractivity contribution in [2.75, 3.05) is 5.39 Å². The summed E-state index contributed by atoms with van der Waals surface area (Å²) in [6.07, 6.45) is 0. The van der Waals surface area contributed by atoms with Crippen molar-refractivity contribution in [3.8, 4) is 0 Å². The molecule has 0 aliphatic heterocycles. The number of alkyl halides is 2. The van der Waals surface area contributed by atoms with Crippen LogP contribution in [0.3, 0.4) is 0 Å². The molecule has 0 unspecified atom stereocenters. The van der Waals surface area contributed by atoms with Crippen molar-refractivity contribution in [1.82, 2.24) is 0 Å². The van der Waals surface area contributed by atoms with Crippen molar-refractivity contribution in [2.45, 2.75) is 5.21 Å². The summed E-state index contributed by atoms with van der Waals surface area (Å²) in [5, 5.41) is 5.21. The molecule has 37 valence electrons. The molecule has 0 fully saturated rings. The van der Waals surface area contributed by atoms with Gasteiger partial charge in [-0.15, -0.1) is 0 Å². The van der Waals surface area contributed by atoms with Crippen LogP contribution in [-0.4, -0.2) is 31.5 Å². The fourth-order valence-electron chi connectivity index (χ4n) is 0.0617. The number of hydrogen-bond acceptors (Lipinski definition) is 1. The summed E-state index contributed by atoms with van der Waals surface area (Å²) < 4.78 is 21.8. The Morgan fingerprint density at radius 1 is 1.67 bits per heavy atom. The van der Waals surface area contributed by atoms with Gasteiger partial charge in [0.1, 0.15) is 0 Å². The van der Waals surface area contributed by atoms with Crippen LogP contribution in [0.4, 0.5) is 8.78 Å². The van der Waals surface area contributed by atoms with Crippen molar-refractivity contribution in [3.05, 3.63) is 0 Å². The monoisotopic (exact) mass is 157 g/mol. The molecule has 0 amide bonds. The first-order chi connectivity index (χ1) is 2.77. The van der Waals surface area contributed by atoms with E-state index in [-0.39, 0.29) is 5.39 Å². The second-order valence-electron chi connectivity index (χ2n) is 0.602. The Morgan fingerprint density at radius 2 is 2.17 bits per heavy atom. The van der Waals surface area contributed by atoms with E-state index < -0.39 is 21.0 Å². The number of halogens is 2. The first kappa shape index (κ1) is 6.38. The molecule has 0 aromatic heterocycles. The Bertz CT molecular complexity index is 32.7. The van der Waals surface area contributed by atoms with E-state index in [1.807, 2.05) is 0 Å². The van der Waals surface area contributed by atoms with E-state index in [1.165, 1.54) is 0 Å². The van der Waals surface area contributed by atoms with Gasteiger partial charge in [0.25, 0.3) is 0 Å². The van der Waals surface area contributed by atoms with Gasteiger partial charge in [-0.05, 0) is 0 Å². The molecule has 1 nitrogen and oxygen atoms in total. The molecule has 6 heavy (non-hydrogen) atoms. The quantitative estimate of drug-likeness (QED) is 0.553. The van der Waals surface area contributed by atoms with Crippen LogP contribution in [0.2, 0.25) is 0 Å². The summed E-state index contributed by atoms with van der Waals surface area (Å²) >= 11 is -1.09. The molecule has 0 aromatic carbocycles. The average molecular weight is 157 g/mol. The molecular weight excluding hydrogens is 153 g/mol. The third kappa shape index (κ3) is 4.38. The molecular formula is C2H4AsF2O. The molecule has 0 bridgehead atoms. The van der Waals surface area contributed by atoms with E-state index in [0.717, 1.165) is 0 Å². The molecule has 0 heterocycles. The summed E-state index contributed by atoms with van der Waals surface area (Å²) in [6, 6.07) is 0.